The highest BCUT2D eigenvalue weighted by atomic mass is 16.5. The Morgan fingerprint density at radius 2 is 2.05 bits per heavy atom. The molecule has 0 saturated carbocycles. The maximum atomic E-state index is 5.76. The van der Waals surface area contributed by atoms with Crippen molar-refractivity contribution in [3.05, 3.63) is 47.3 Å². The summed E-state index contributed by atoms with van der Waals surface area (Å²) in [4.78, 5) is 8.35. The summed E-state index contributed by atoms with van der Waals surface area (Å²) in [7, 11) is 0. The number of hydrogen-bond donors (Lipinski definition) is 1. The molecule has 0 bridgehead atoms. The topological polar surface area (TPSA) is 61.0 Å². The van der Waals surface area contributed by atoms with Gasteiger partial charge in [0.15, 0.2) is 0 Å². The Kier molecular flexibility index (Phi) is 4.12. The molecular formula is C15H19N3O. The number of hydrogen-bond acceptors (Lipinski definition) is 4. The molecule has 0 spiro atoms. The summed E-state index contributed by atoms with van der Waals surface area (Å²) in [5, 5.41) is 0. The Morgan fingerprint density at radius 1 is 1.26 bits per heavy atom. The molecule has 0 saturated heterocycles. The summed E-state index contributed by atoms with van der Waals surface area (Å²) < 4.78 is 5.76. The first-order valence-corrected chi connectivity index (χ1v) is 6.40. The normalized spacial score (nSPS) is 10.8. The van der Waals surface area contributed by atoms with E-state index in [9.17, 15) is 0 Å². The molecular weight excluding hydrogens is 238 g/mol. The van der Waals surface area contributed by atoms with E-state index < -0.39 is 0 Å². The predicted octanol–water partition coefficient (Wildman–Crippen LogP) is 3.16. The van der Waals surface area contributed by atoms with Gasteiger partial charge in [-0.2, -0.15) is 4.98 Å². The molecule has 0 aliphatic heterocycles. The van der Waals surface area contributed by atoms with Crippen molar-refractivity contribution < 1.29 is 4.74 Å². The van der Waals surface area contributed by atoms with Crippen molar-refractivity contribution in [1.29, 1.82) is 0 Å². The van der Waals surface area contributed by atoms with Gasteiger partial charge in [-0.1, -0.05) is 26.0 Å². The van der Waals surface area contributed by atoms with E-state index in [0.717, 1.165) is 17.0 Å². The molecule has 1 aromatic heterocycles. The number of aryl methyl sites for hydroxylation is 1. The van der Waals surface area contributed by atoms with Crippen molar-refractivity contribution in [2.45, 2.75) is 33.2 Å². The second-order valence-corrected chi connectivity index (χ2v) is 4.82. The number of nitrogens with two attached hydrogens (primary N) is 1. The lowest BCUT2D eigenvalue weighted by atomic mass is 10.0. The molecule has 4 nitrogen and oxygen atoms in total. The van der Waals surface area contributed by atoms with Crippen LogP contribution in [0, 0.1) is 6.92 Å². The lowest BCUT2D eigenvalue weighted by Crippen LogP contribution is -2.02. The molecule has 2 rings (SSSR count). The molecule has 0 aliphatic carbocycles. The minimum absolute atomic E-state index is 0.340. The zero-order valence-electron chi connectivity index (χ0n) is 11.6. The van der Waals surface area contributed by atoms with Crippen LogP contribution in [0.3, 0.4) is 0 Å². The average Bonchev–Trinajstić information content (AvgIpc) is 2.41. The van der Waals surface area contributed by atoms with Crippen LogP contribution in [0.5, 0.6) is 11.8 Å². The zero-order chi connectivity index (χ0) is 13.8. The third kappa shape index (κ3) is 3.29. The fourth-order valence-electron chi connectivity index (χ4n) is 1.72. The van der Waals surface area contributed by atoms with Gasteiger partial charge in [-0.3, -0.25) is 0 Å². The molecule has 1 heterocycles. The summed E-state index contributed by atoms with van der Waals surface area (Å²) in [6.07, 6.45) is 1.66. The molecule has 2 N–H and O–H groups in total. The predicted molar refractivity (Wildman–Crippen MR) is 75.3 cm³/mol. The number of aromatic nitrogens is 2. The number of rotatable bonds is 4. The van der Waals surface area contributed by atoms with Crippen molar-refractivity contribution >= 4 is 0 Å². The van der Waals surface area contributed by atoms with Crippen LogP contribution in [-0.2, 0) is 6.54 Å². The SMILES string of the molecule is Cc1ccc(C(C)C)cc1Oc1nccc(CN)n1. The molecule has 0 amide bonds. The van der Waals surface area contributed by atoms with E-state index in [4.69, 9.17) is 10.5 Å². The van der Waals surface area contributed by atoms with Crippen LogP contribution in [0.15, 0.2) is 30.5 Å². The van der Waals surface area contributed by atoms with E-state index in [0.29, 0.717) is 18.5 Å². The van der Waals surface area contributed by atoms with E-state index in [1.165, 1.54) is 5.56 Å². The quantitative estimate of drug-likeness (QED) is 0.914. The van der Waals surface area contributed by atoms with Gasteiger partial charge >= 0.3 is 6.01 Å². The number of nitrogens with zero attached hydrogens (tertiary/aromatic N) is 2. The maximum absolute atomic E-state index is 5.76. The van der Waals surface area contributed by atoms with E-state index >= 15 is 0 Å². The van der Waals surface area contributed by atoms with Gasteiger partial charge in [-0.25, -0.2) is 4.98 Å². The molecule has 0 fully saturated rings. The van der Waals surface area contributed by atoms with Gasteiger partial charge in [0.2, 0.25) is 0 Å². The van der Waals surface area contributed by atoms with Gasteiger partial charge in [0.25, 0.3) is 0 Å². The van der Waals surface area contributed by atoms with Gasteiger partial charge in [-0.05, 0) is 36.1 Å². The van der Waals surface area contributed by atoms with E-state index in [-0.39, 0.29) is 0 Å². The molecule has 2 aromatic rings. The van der Waals surface area contributed by atoms with Crippen LogP contribution in [-0.4, -0.2) is 9.97 Å². The highest BCUT2D eigenvalue weighted by molar-refractivity contribution is 5.39. The first-order valence-electron chi connectivity index (χ1n) is 6.40. The van der Waals surface area contributed by atoms with E-state index in [1.807, 2.05) is 13.0 Å². The van der Waals surface area contributed by atoms with Gasteiger partial charge < -0.3 is 10.5 Å². The van der Waals surface area contributed by atoms with Gasteiger partial charge in [0, 0.05) is 12.7 Å². The second kappa shape index (κ2) is 5.80. The zero-order valence-corrected chi connectivity index (χ0v) is 11.6. The average molecular weight is 257 g/mol. The van der Waals surface area contributed by atoms with Crippen molar-refractivity contribution in [3.63, 3.8) is 0 Å². The summed E-state index contributed by atoms with van der Waals surface area (Å²) in [5.41, 5.74) is 8.62. The lowest BCUT2D eigenvalue weighted by molar-refractivity contribution is 0.435. The molecule has 4 heteroatoms. The fourth-order valence-corrected chi connectivity index (χ4v) is 1.72. The van der Waals surface area contributed by atoms with Crippen molar-refractivity contribution in [2.75, 3.05) is 0 Å². The molecule has 0 aliphatic rings. The summed E-state index contributed by atoms with van der Waals surface area (Å²) >= 11 is 0. The fraction of sp³-hybridized carbons (Fsp3) is 0.333. The highest BCUT2D eigenvalue weighted by Crippen LogP contribution is 2.27. The summed E-state index contributed by atoms with van der Waals surface area (Å²) in [6.45, 7) is 6.69. The number of benzene rings is 1. The molecule has 0 unspecified atom stereocenters. The molecule has 1 aromatic carbocycles. The minimum Gasteiger partial charge on any atom is -0.424 e. The van der Waals surface area contributed by atoms with Crippen molar-refractivity contribution in [3.8, 4) is 11.8 Å². The second-order valence-electron chi connectivity index (χ2n) is 4.82. The Balaban J connectivity index is 2.29. The summed E-state index contributed by atoms with van der Waals surface area (Å²) in [6, 6.07) is 8.33. The van der Waals surface area contributed by atoms with Crippen LogP contribution in [0.25, 0.3) is 0 Å². The first kappa shape index (κ1) is 13.5. The van der Waals surface area contributed by atoms with Crippen molar-refractivity contribution in [1.82, 2.24) is 9.97 Å². The first-order chi connectivity index (χ1) is 9.10. The summed E-state index contributed by atoms with van der Waals surface area (Å²) in [5.74, 6) is 1.25. The van der Waals surface area contributed by atoms with E-state index in [1.54, 1.807) is 12.3 Å². The smallest absolute Gasteiger partial charge is 0.322 e. The highest BCUT2D eigenvalue weighted by Gasteiger charge is 2.07. The Morgan fingerprint density at radius 3 is 2.74 bits per heavy atom. The number of ether oxygens (including phenoxy) is 1. The van der Waals surface area contributed by atoms with E-state index in [2.05, 4.69) is 35.9 Å². The van der Waals surface area contributed by atoms with Crippen LogP contribution in [0.4, 0.5) is 0 Å². The Labute approximate surface area is 113 Å². The van der Waals surface area contributed by atoms with Crippen LogP contribution in [0.1, 0.15) is 36.6 Å². The molecule has 0 radical (unpaired) electrons. The molecule has 0 atom stereocenters. The third-order valence-electron chi connectivity index (χ3n) is 2.98. The van der Waals surface area contributed by atoms with Crippen LogP contribution >= 0.6 is 0 Å². The van der Waals surface area contributed by atoms with Gasteiger partial charge in [-0.15, -0.1) is 0 Å². The maximum Gasteiger partial charge on any atom is 0.322 e. The minimum atomic E-state index is 0.340. The van der Waals surface area contributed by atoms with Crippen LogP contribution < -0.4 is 10.5 Å². The molecule has 100 valence electrons. The largest absolute Gasteiger partial charge is 0.424 e. The monoisotopic (exact) mass is 257 g/mol. The Hall–Kier alpha value is -1.94. The molecule has 19 heavy (non-hydrogen) atoms. The third-order valence-corrected chi connectivity index (χ3v) is 2.98. The van der Waals surface area contributed by atoms with Gasteiger partial charge in [0.1, 0.15) is 5.75 Å². The standard InChI is InChI=1S/C15H19N3O/c1-10(2)12-5-4-11(3)14(8-12)19-15-17-7-6-13(9-16)18-15/h4-8,10H,9,16H2,1-3H3. The lowest BCUT2D eigenvalue weighted by Gasteiger charge is -2.11. The van der Waals surface area contributed by atoms with Crippen molar-refractivity contribution in [2.24, 2.45) is 5.73 Å². The Bertz CT molecular complexity index is 567. The van der Waals surface area contributed by atoms with Gasteiger partial charge in [0.05, 0.1) is 5.69 Å². The van der Waals surface area contributed by atoms with Crippen LogP contribution in [0.2, 0.25) is 0 Å².